The summed E-state index contributed by atoms with van der Waals surface area (Å²) in [5, 5.41) is 0.633. The third kappa shape index (κ3) is 1.53. The second-order valence-corrected chi connectivity index (χ2v) is 5.14. The Bertz CT molecular complexity index is 410. The first kappa shape index (κ1) is 10.2. The molecule has 2 N–H and O–H groups in total. The zero-order valence-corrected chi connectivity index (χ0v) is 9.70. The van der Waals surface area contributed by atoms with Gasteiger partial charge in [-0.25, -0.2) is 4.98 Å². The first-order chi connectivity index (χ1) is 7.69. The third-order valence-corrected chi connectivity index (χ3v) is 3.66. The molecule has 4 nitrogen and oxygen atoms in total. The van der Waals surface area contributed by atoms with Gasteiger partial charge in [0.25, 0.3) is 0 Å². The van der Waals surface area contributed by atoms with Crippen LogP contribution in [0.1, 0.15) is 6.42 Å². The summed E-state index contributed by atoms with van der Waals surface area (Å²) >= 11 is 6.12. The molecule has 86 valence electrons. The number of nitrogens with zero attached hydrogens (tertiary/aromatic N) is 2. The van der Waals surface area contributed by atoms with Crippen molar-refractivity contribution < 1.29 is 4.74 Å². The fourth-order valence-electron chi connectivity index (χ4n) is 2.49. The van der Waals surface area contributed by atoms with E-state index in [0.717, 1.165) is 38.5 Å². The largest absolute Gasteiger partial charge is 0.397 e. The smallest absolute Gasteiger partial charge is 0.147 e. The Morgan fingerprint density at radius 1 is 1.50 bits per heavy atom. The van der Waals surface area contributed by atoms with E-state index in [9.17, 15) is 0 Å². The molecule has 0 unspecified atom stereocenters. The van der Waals surface area contributed by atoms with Crippen LogP contribution in [0.4, 0.5) is 11.5 Å². The van der Waals surface area contributed by atoms with E-state index in [4.69, 9.17) is 22.1 Å². The van der Waals surface area contributed by atoms with Crippen molar-refractivity contribution in [3.8, 4) is 0 Å². The highest BCUT2D eigenvalue weighted by atomic mass is 35.5. The molecule has 2 fully saturated rings. The molecule has 0 atom stereocenters. The number of hydrogen-bond donors (Lipinski definition) is 1. The molecule has 2 aliphatic heterocycles. The molecule has 0 aromatic carbocycles. The zero-order valence-electron chi connectivity index (χ0n) is 8.95. The van der Waals surface area contributed by atoms with Crippen LogP contribution in [0.2, 0.25) is 5.02 Å². The molecular formula is C11H14ClN3O. The van der Waals surface area contributed by atoms with Crippen molar-refractivity contribution in [1.82, 2.24) is 4.98 Å². The molecule has 1 spiro atoms. The van der Waals surface area contributed by atoms with Crippen LogP contribution in [-0.4, -0.2) is 31.3 Å². The van der Waals surface area contributed by atoms with E-state index in [0.29, 0.717) is 16.1 Å². The summed E-state index contributed by atoms with van der Waals surface area (Å²) in [4.78, 5) is 6.47. The highest BCUT2D eigenvalue weighted by Gasteiger charge is 2.46. The van der Waals surface area contributed by atoms with Gasteiger partial charge in [-0.05, 0) is 12.5 Å². The number of pyridine rings is 1. The average molecular weight is 240 g/mol. The lowest BCUT2D eigenvalue weighted by molar-refractivity contribution is 0.131. The number of nitrogens with two attached hydrogens (primary N) is 1. The van der Waals surface area contributed by atoms with Gasteiger partial charge in [0, 0.05) is 25.1 Å². The van der Waals surface area contributed by atoms with Crippen molar-refractivity contribution in [3.63, 3.8) is 0 Å². The molecule has 3 heterocycles. The predicted octanol–water partition coefficient (Wildman–Crippen LogP) is 1.54. The monoisotopic (exact) mass is 239 g/mol. The summed E-state index contributed by atoms with van der Waals surface area (Å²) in [6.45, 7) is 3.74. The van der Waals surface area contributed by atoms with Crippen LogP contribution >= 0.6 is 11.6 Å². The van der Waals surface area contributed by atoms with Crippen LogP contribution < -0.4 is 10.6 Å². The zero-order chi connectivity index (χ0) is 11.2. The van der Waals surface area contributed by atoms with E-state index < -0.39 is 0 Å². The molecule has 0 saturated carbocycles. The molecule has 0 amide bonds. The van der Waals surface area contributed by atoms with Crippen molar-refractivity contribution in [3.05, 3.63) is 17.3 Å². The lowest BCUT2D eigenvalue weighted by atomic mass is 9.79. The summed E-state index contributed by atoms with van der Waals surface area (Å²) in [5.41, 5.74) is 6.58. The highest BCUT2D eigenvalue weighted by molar-refractivity contribution is 6.33. The molecule has 1 aromatic rings. The number of nitrogen functional groups attached to an aromatic ring is 1. The average Bonchev–Trinajstić information content (AvgIpc) is 2.65. The van der Waals surface area contributed by atoms with Gasteiger partial charge in [0.15, 0.2) is 0 Å². The molecular weight excluding hydrogens is 226 g/mol. The molecule has 2 saturated heterocycles. The minimum Gasteiger partial charge on any atom is -0.397 e. The molecule has 1 aromatic heterocycles. The quantitative estimate of drug-likeness (QED) is 0.808. The van der Waals surface area contributed by atoms with Crippen LogP contribution in [-0.2, 0) is 4.74 Å². The number of ether oxygens (including phenoxy) is 1. The molecule has 0 radical (unpaired) electrons. The summed E-state index contributed by atoms with van der Waals surface area (Å²) in [6, 6.07) is 1.75. The van der Waals surface area contributed by atoms with Gasteiger partial charge in [0.1, 0.15) is 5.82 Å². The first-order valence-corrected chi connectivity index (χ1v) is 5.80. The number of hydrogen-bond acceptors (Lipinski definition) is 4. The molecule has 0 aliphatic carbocycles. The highest BCUT2D eigenvalue weighted by Crippen LogP contribution is 2.42. The normalized spacial score (nSPS) is 22.4. The van der Waals surface area contributed by atoms with Crippen LogP contribution in [0.25, 0.3) is 0 Å². The summed E-state index contributed by atoms with van der Waals surface area (Å²) < 4.78 is 5.44. The van der Waals surface area contributed by atoms with Crippen molar-refractivity contribution in [2.45, 2.75) is 6.42 Å². The lowest BCUT2D eigenvalue weighted by Gasteiger charge is -2.48. The molecule has 16 heavy (non-hydrogen) atoms. The number of aromatic nitrogens is 1. The van der Waals surface area contributed by atoms with Crippen LogP contribution in [0.15, 0.2) is 12.3 Å². The van der Waals surface area contributed by atoms with E-state index in [1.165, 1.54) is 0 Å². The molecule has 5 heteroatoms. The van der Waals surface area contributed by atoms with E-state index >= 15 is 0 Å². The van der Waals surface area contributed by atoms with Gasteiger partial charge in [0.05, 0.1) is 23.5 Å². The van der Waals surface area contributed by atoms with Gasteiger partial charge in [-0.15, -0.1) is 0 Å². The maximum absolute atomic E-state index is 6.12. The molecule has 0 bridgehead atoms. The third-order valence-electron chi connectivity index (χ3n) is 3.38. The second-order valence-electron chi connectivity index (χ2n) is 4.73. The van der Waals surface area contributed by atoms with Crippen LogP contribution in [0.3, 0.4) is 0 Å². The van der Waals surface area contributed by atoms with E-state index in [1.54, 1.807) is 12.3 Å². The minimum atomic E-state index is 0.354. The van der Waals surface area contributed by atoms with E-state index in [1.807, 2.05) is 0 Å². The Hall–Kier alpha value is -1.00. The maximum Gasteiger partial charge on any atom is 0.147 e. The van der Waals surface area contributed by atoms with Crippen LogP contribution in [0.5, 0.6) is 0 Å². The van der Waals surface area contributed by atoms with Gasteiger partial charge in [-0.2, -0.15) is 0 Å². The van der Waals surface area contributed by atoms with Gasteiger partial charge < -0.3 is 15.4 Å². The van der Waals surface area contributed by atoms with Crippen LogP contribution in [0, 0.1) is 5.41 Å². The van der Waals surface area contributed by atoms with Gasteiger partial charge in [-0.3, -0.25) is 0 Å². The Morgan fingerprint density at radius 2 is 2.31 bits per heavy atom. The van der Waals surface area contributed by atoms with E-state index in [2.05, 4.69) is 9.88 Å². The predicted molar refractivity (Wildman–Crippen MR) is 63.7 cm³/mol. The Kier molecular flexibility index (Phi) is 2.23. The SMILES string of the molecule is Nc1cnc(N2CC3(CCOC3)C2)c(Cl)c1. The van der Waals surface area contributed by atoms with Crippen molar-refractivity contribution >= 4 is 23.1 Å². The number of rotatable bonds is 1. The van der Waals surface area contributed by atoms with Crippen molar-refractivity contribution in [1.29, 1.82) is 0 Å². The molecule has 2 aliphatic rings. The fraction of sp³-hybridized carbons (Fsp3) is 0.545. The van der Waals surface area contributed by atoms with Gasteiger partial charge >= 0.3 is 0 Å². The summed E-state index contributed by atoms with van der Waals surface area (Å²) in [5.74, 6) is 0.841. The lowest BCUT2D eigenvalue weighted by Crippen LogP contribution is -2.57. The standard InChI is InChI=1S/C11H14ClN3O/c12-9-3-8(13)4-14-10(9)15-5-11(6-15)1-2-16-7-11/h3-4H,1-2,5-7,13H2. The first-order valence-electron chi connectivity index (χ1n) is 5.42. The molecule has 3 rings (SSSR count). The number of halogens is 1. The maximum atomic E-state index is 6.12. The number of anilines is 2. The Balaban J connectivity index is 1.76. The van der Waals surface area contributed by atoms with Crippen molar-refractivity contribution in [2.75, 3.05) is 36.9 Å². The topological polar surface area (TPSA) is 51.4 Å². The van der Waals surface area contributed by atoms with Crippen molar-refractivity contribution in [2.24, 2.45) is 5.41 Å². The fourth-order valence-corrected chi connectivity index (χ4v) is 2.78. The summed E-state index contributed by atoms with van der Waals surface area (Å²) in [7, 11) is 0. The second kappa shape index (κ2) is 3.50. The summed E-state index contributed by atoms with van der Waals surface area (Å²) in [6.07, 6.45) is 2.80. The Labute approximate surface area is 99.3 Å². The van der Waals surface area contributed by atoms with Gasteiger partial charge in [0.2, 0.25) is 0 Å². The van der Waals surface area contributed by atoms with Gasteiger partial charge in [-0.1, -0.05) is 11.6 Å². The minimum absolute atomic E-state index is 0.354. The van der Waals surface area contributed by atoms with E-state index in [-0.39, 0.29) is 0 Å². The Morgan fingerprint density at radius 3 is 2.94 bits per heavy atom.